The Morgan fingerprint density at radius 1 is 1.39 bits per heavy atom. The third-order valence-corrected chi connectivity index (χ3v) is 2.21. The standard InChI is InChI=1S/C11H13F3N2O2/c12-11(13,14)7-3-4-9(8(15)6-7)16-10(18)2-1-5-17/h3-4,6,17H,1-2,5,15H2,(H,16,18). The molecule has 0 aliphatic rings. The monoisotopic (exact) mass is 262 g/mol. The fourth-order valence-corrected chi connectivity index (χ4v) is 1.31. The number of carbonyl (C=O) groups is 1. The van der Waals surface area contributed by atoms with Crippen molar-refractivity contribution in [2.24, 2.45) is 0 Å². The number of aliphatic hydroxyl groups is 1. The molecule has 1 aromatic carbocycles. The van der Waals surface area contributed by atoms with E-state index >= 15 is 0 Å². The Balaban J connectivity index is 2.77. The van der Waals surface area contributed by atoms with Gasteiger partial charge in [0.1, 0.15) is 0 Å². The summed E-state index contributed by atoms with van der Waals surface area (Å²) in [5, 5.41) is 10.9. The minimum atomic E-state index is -4.46. The minimum absolute atomic E-state index is 0.0803. The fourth-order valence-electron chi connectivity index (χ4n) is 1.31. The molecule has 100 valence electrons. The largest absolute Gasteiger partial charge is 0.416 e. The van der Waals surface area contributed by atoms with E-state index in [0.29, 0.717) is 0 Å². The Morgan fingerprint density at radius 2 is 2.06 bits per heavy atom. The van der Waals surface area contributed by atoms with Crippen LogP contribution in [0.1, 0.15) is 18.4 Å². The molecule has 0 radical (unpaired) electrons. The van der Waals surface area contributed by atoms with E-state index in [1.54, 1.807) is 0 Å². The van der Waals surface area contributed by atoms with Crippen molar-refractivity contribution < 1.29 is 23.1 Å². The first kappa shape index (κ1) is 14.3. The van der Waals surface area contributed by atoms with Crippen LogP contribution in [0.3, 0.4) is 0 Å². The van der Waals surface area contributed by atoms with Gasteiger partial charge in [0.25, 0.3) is 0 Å². The number of hydrogen-bond acceptors (Lipinski definition) is 3. The van der Waals surface area contributed by atoms with Crippen molar-refractivity contribution in [3.63, 3.8) is 0 Å². The number of benzene rings is 1. The van der Waals surface area contributed by atoms with Crippen LogP contribution in [0.25, 0.3) is 0 Å². The summed E-state index contributed by atoms with van der Waals surface area (Å²) in [6.07, 6.45) is -4.10. The number of halogens is 3. The Bertz CT molecular complexity index is 433. The molecule has 7 heteroatoms. The smallest absolute Gasteiger partial charge is 0.397 e. The lowest BCUT2D eigenvalue weighted by atomic mass is 10.1. The number of rotatable bonds is 4. The van der Waals surface area contributed by atoms with E-state index in [9.17, 15) is 18.0 Å². The first-order chi connectivity index (χ1) is 8.34. The van der Waals surface area contributed by atoms with Crippen molar-refractivity contribution >= 4 is 17.3 Å². The lowest BCUT2D eigenvalue weighted by molar-refractivity contribution is -0.137. The highest BCUT2D eigenvalue weighted by atomic mass is 19.4. The normalized spacial score (nSPS) is 11.3. The Morgan fingerprint density at radius 3 is 2.56 bits per heavy atom. The maximum Gasteiger partial charge on any atom is 0.416 e. The maximum absolute atomic E-state index is 12.4. The zero-order chi connectivity index (χ0) is 13.8. The number of hydrogen-bond donors (Lipinski definition) is 3. The number of amides is 1. The second kappa shape index (κ2) is 5.72. The topological polar surface area (TPSA) is 75.3 Å². The van der Waals surface area contributed by atoms with Crippen LogP contribution in [-0.2, 0) is 11.0 Å². The molecule has 1 amide bonds. The summed E-state index contributed by atoms with van der Waals surface area (Å²) in [5.41, 5.74) is 4.54. The van der Waals surface area contributed by atoms with Crippen LogP contribution in [0, 0.1) is 0 Å². The van der Waals surface area contributed by atoms with Gasteiger partial charge >= 0.3 is 6.18 Å². The van der Waals surface area contributed by atoms with E-state index in [2.05, 4.69) is 5.32 Å². The van der Waals surface area contributed by atoms with Gasteiger partial charge in [0.15, 0.2) is 0 Å². The molecule has 0 spiro atoms. The number of carbonyl (C=O) groups excluding carboxylic acids is 1. The molecule has 0 aliphatic carbocycles. The van der Waals surface area contributed by atoms with E-state index in [-0.39, 0.29) is 30.8 Å². The molecule has 0 bridgehead atoms. The molecule has 0 heterocycles. The van der Waals surface area contributed by atoms with Crippen LogP contribution in [-0.4, -0.2) is 17.6 Å². The lowest BCUT2D eigenvalue weighted by Gasteiger charge is -2.11. The molecule has 0 unspecified atom stereocenters. The summed E-state index contributed by atoms with van der Waals surface area (Å²) in [6.45, 7) is -0.129. The molecular formula is C11H13F3N2O2. The van der Waals surface area contributed by atoms with E-state index in [1.165, 1.54) is 0 Å². The van der Waals surface area contributed by atoms with Gasteiger partial charge in [-0.2, -0.15) is 13.2 Å². The molecular weight excluding hydrogens is 249 g/mol. The molecule has 0 atom stereocenters. The van der Waals surface area contributed by atoms with Gasteiger partial charge in [0.2, 0.25) is 5.91 Å². The van der Waals surface area contributed by atoms with Crippen LogP contribution in [0.2, 0.25) is 0 Å². The average Bonchev–Trinajstić information content (AvgIpc) is 2.27. The van der Waals surface area contributed by atoms with Gasteiger partial charge in [-0.3, -0.25) is 4.79 Å². The van der Waals surface area contributed by atoms with Crippen LogP contribution >= 0.6 is 0 Å². The van der Waals surface area contributed by atoms with Crippen molar-refractivity contribution in [2.45, 2.75) is 19.0 Å². The summed E-state index contributed by atoms with van der Waals surface area (Å²) in [5.74, 6) is -0.407. The second-order valence-corrected chi connectivity index (χ2v) is 3.68. The molecule has 0 saturated heterocycles. The number of nitrogen functional groups attached to an aromatic ring is 1. The van der Waals surface area contributed by atoms with Crippen molar-refractivity contribution in [3.05, 3.63) is 23.8 Å². The van der Waals surface area contributed by atoms with Crippen LogP contribution in [0.15, 0.2) is 18.2 Å². The van der Waals surface area contributed by atoms with Gasteiger partial charge in [-0.15, -0.1) is 0 Å². The van der Waals surface area contributed by atoms with Gasteiger partial charge in [0, 0.05) is 13.0 Å². The van der Waals surface area contributed by atoms with E-state index in [0.717, 1.165) is 18.2 Å². The summed E-state index contributed by atoms with van der Waals surface area (Å²) in [4.78, 5) is 11.3. The van der Waals surface area contributed by atoms with Crippen LogP contribution < -0.4 is 11.1 Å². The average molecular weight is 262 g/mol. The third-order valence-electron chi connectivity index (χ3n) is 2.21. The predicted molar refractivity (Wildman–Crippen MR) is 60.8 cm³/mol. The number of aliphatic hydroxyl groups excluding tert-OH is 1. The van der Waals surface area contributed by atoms with Crippen LogP contribution in [0.4, 0.5) is 24.5 Å². The molecule has 4 nitrogen and oxygen atoms in total. The van der Waals surface area contributed by atoms with Gasteiger partial charge < -0.3 is 16.2 Å². The van der Waals surface area contributed by atoms with E-state index in [1.807, 2.05) is 0 Å². The van der Waals surface area contributed by atoms with Gasteiger partial charge in [-0.05, 0) is 24.6 Å². The van der Waals surface area contributed by atoms with E-state index < -0.39 is 17.6 Å². The second-order valence-electron chi connectivity index (χ2n) is 3.68. The summed E-state index contributed by atoms with van der Waals surface area (Å²) in [7, 11) is 0. The molecule has 18 heavy (non-hydrogen) atoms. The van der Waals surface area contributed by atoms with Crippen molar-refractivity contribution in [1.82, 2.24) is 0 Å². The van der Waals surface area contributed by atoms with Crippen molar-refractivity contribution in [1.29, 1.82) is 0 Å². The fraction of sp³-hybridized carbons (Fsp3) is 0.364. The first-order valence-electron chi connectivity index (χ1n) is 5.22. The minimum Gasteiger partial charge on any atom is -0.397 e. The summed E-state index contributed by atoms with van der Waals surface area (Å²) >= 11 is 0. The zero-order valence-corrected chi connectivity index (χ0v) is 9.42. The van der Waals surface area contributed by atoms with Gasteiger partial charge in [-0.25, -0.2) is 0 Å². The summed E-state index contributed by atoms with van der Waals surface area (Å²) in [6, 6.07) is 2.72. The zero-order valence-electron chi connectivity index (χ0n) is 9.42. The molecule has 4 N–H and O–H groups in total. The van der Waals surface area contributed by atoms with Crippen molar-refractivity contribution in [2.75, 3.05) is 17.7 Å². The highest BCUT2D eigenvalue weighted by molar-refractivity contribution is 5.93. The van der Waals surface area contributed by atoms with Crippen molar-refractivity contribution in [3.8, 4) is 0 Å². The van der Waals surface area contributed by atoms with Gasteiger partial charge in [-0.1, -0.05) is 0 Å². The maximum atomic E-state index is 12.4. The highest BCUT2D eigenvalue weighted by Gasteiger charge is 2.30. The number of alkyl halides is 3. The molecule has 0 saturated carbocycles. The first-order valence-corrected chi connectivity index (χ1v) is 5.22. The molecule has 1 aromatic rings. The SMILES string of the molecule is Nc1cc(C(F)(F)F)ccc1NC(=O)CCCO. The molecule has 1 rings (SSSR count). The van der Waals surface area contributed by atoms with E-state index in [4.69, 9.17) is 10.8 Å². The third kappa shape index (κ3) is 3.92. The number of nitrogens with one attached hydrogen (secondary N) is 1. The molecule has 0 aromatic heterocycles. The quantitative estimate of drug-likeness (QED) is 0.726. The Hall–Kier alpha value is -1.76. The van der Waals surface area contributed by atoms with Gasteiger partial charge in [0.05, 0.1) is 16.9 Å². The lowest BCUT2D eigenvalue weighted by Crippen LogP contribution is -2.14. The summed E-state index contributed by atoms with van der Waals surface area (Å²) < 4.78 is 37.1. The molecule has 0 fully saturated rings. The Kier molecular flexibility index (Phi) is 4.55. The number of anilines is 2. The predicted octanol–water partition coefficient (Wildman–Crippen LogP) is 2.00. The number of nitrogens with two attached hydrogens (primary N) is 1. The molecule has 0 aliphatic heterocycles. The Labute approximate surface area is 102 Å². The highest BCUT2D eigenvalue weighted by Crippen LogP contribution is 2.32. The van der Waals surface area contributed by atoms with Crippen LogP contribution in [0.5, 0.6) is 0 Å².